The van der Waals surface area contributed by atoms with Crippen LogP contribution < -0.4 is 10.5 Å². The molecule has 15 heavy (non-hydrogen) atoms. The van der Waals surface area contributed by atoms with Crippen LogP contribution in [0.25, 0.3) is 0 Å². The maximum atomic E-state index is 9.54. The quantitative estimate of drug-likeness (QED) is 0.780. The highest BCUT2D eigenvalue weighted by molar-refractivity contribution is 5.38. The van der Waals surface area contributed by atoms with E-state index in [1.165, 1.54) is 0 Å². The molecule has 1 aliphatic rings. The van der Waals surface area contributed by atoms with Crippen LogP contribution in [-0.4, -0.2) is 17.3 Å². The van der Waals surface area contributed by atoms with Gasteiger partial charge >= 0.3 is 0 Å². The van der Waals surface area contributed by atoms with E-state index in [1.807, 2.05) is 6.07 Å². The lowest BCUT2D eigenvalue weighted by Crippen LogP contribution is -2.31. The predicted molar refractivity (Wildman–Crippen MR) is 59.0 cm³/mol. The molecular weight excluding hydrogens is 190 g/mol. The number of hydrogen-bond acceptors (Lipinski definition) is 3. The van der Waals surface area contributed by atoms with Gasteiger partial charge in [0.25, 0.3) is 0 Å². The van der Waals surface area contributed by atoms with E-state index in [2.05, 4.69) is 0 Å². The number of phenolic OH excluding ortho intramolecular Hbond substituents is 1. The number of phenols is 1. The van der Waals surface area contributed by atoms with Crippen molar-refractivity contribution in [3.05, 3.63) is 24.3 Å². The summed E-state index contributed by atoms with van der Waals surface area (Å²) < 4.78 is 5.73. The summed E-state index contributed by atoms with van der Waals surface area (Å²) in [4.78, 5) is 0. The van der Waals surface area contributed by atoms with Crippen LogP contribution in [0.15, 0.2) is 24.3 Å². The summed E-state index contributed by atoms with van der Waals surface area (Å²) in [6, 6.07) is 7.42. The van der Waals surface area contributed by atoms with Gasteiger partial charge < -0.3 is 15.6 Å². The van der Waals surface area contributed by atoms with E-state index in [1.54, 1.807) is 18.2 Å². The fourth-order valence-corrected chi connectivity index (χ4v) is 1.94. The Morgan fingerprint density at radius 2 is 1.80 bits per heavy atom. The number of benzene rings is 1. The van der Waals surface area contributed by atoms with Gasteiger partial charge in [-0.2, -0.15) is 0 Å². The van der Waals surface area contributed by atoms with Crippen molar-refractivity contribution in [1.29, 1.82) is 0 Å². The molecule has 1 fully saturated rings. The van der Waals surface area contributed by atoms with E-state index in [4.69, 9.17) is 10.5 Å². The number of nitrogens with two attached hydrogens (primary N) is 1. The second kappa shape index (κ2) is 4.53. The van der Waals surface area contributed by atoms with Gasteiger partial charge in [-0.15, -0.1) is 0 Å². The normalized spacial score (nSPS) is 26.2. The number of ether oxygens (including phenoxy) is 1. The van der Waals surface area contributed by atoms with Crippen LogP contribution in [0.5, 0.6) is 11.5 Å². The Balaban J connectivity index is 1.95. The summed E-state index contributed by atoms with van der Waals surface area (Å²) in [5.74, 6) is 0.797. The Bertz CT molecular complexity index is 319. The maximum Gasteiger partial charge on any atom is 0.161 e. The molecule has 3 heteroatoms. The van der Waals surface area contributed by atoms with Crippen molar-refractivity contribution in [3.63, 3.8) is 0 Å². The molecule has 0 unspecified atom stereocenters. The van der Waals surface area contributed by atoms with Crippen molar-refractivity contribution in [1.82, 2.24) is 0 Å². The molecule has 1 aromatic rings. The zero-order valence-electron chi connectivity index (χ0n) is 8.73. The Labute approximate surface area is 89.9 Å². The van der Waals surface area contributed by atoms with Crippen molar-refractivity contribution in [2.75, 3.05) is 0 Å². The summed E-state index contributed by atoms with van der Waals surface area (Å²) in [6.45, 7) is 0. The maximum absolute atomic E-state index is 9.54. The molecule has 1 aromatic carbocycles. The molecule has 0 saturated heterocycles. The van der Waals surface area contributed by atoms with Gasteiger partial charge in [-0.3, -0.25) is 0 Å². The number of hydrogen-bond donors (Lipinski definition) is 2. The summed E-state index contributed by atoms with van der Waals surface area (Å²) in [5, 5.41) is 9.54. The summed E-state index contributed by atoms with van der Waals surface area (Å²) >= 11 is 0. The molecule has 1 saturated carbocycles. The van der Waals surface area contributed by atoms with Gasteiger partial charge in [-0.25, -0.2) is 0 Å². The second-order valence-corrected chi connectivity index (χ2v) is 4.12. The first-order valence-electron chi connectivity index (χ1n) is 5.46. The lowest BCUT2D eigenvalue weighted by Gasteiger charge is -2.26. The number of rotatable bonds is 2. The third kappa shape index (κ3) is 2.63. The van der Waals surface area contributed by atoms with Crippen molar-refractivity contribution in [2.45, 2.75) is 37.8 Å². The number of para-hydroxylation sites is 2. The van der Waals surface area contributed by atoms with Gasteiger partial charge in [0.15, 0.2) is 11.5 Å². The topological polar surface area (TPSA) is 55.5 Å². The average Bonchev–Trinajstić information content (AvgIpc) is 2.25. The zero-order valence-corrected chi connectivity index (χ0v) is 8.73. The van der Waals surface area contributed by atoms with Crippen LogP contribution in [0.1, 0.15) is 25.7 Å². The molecular formula is C12H17NO2. The fourth-order valence-electron chi connectivity index (χ4n) is 1.94. The minimum absolute atomic E-state index is 0.207. The highest BCUT2D eigenvalue weighted by Gasteiger charge is 2.20. The first-order valence-corrected chi connectivity index (χ1v) is 5.46. The fraction of sp³-hybridized carbons (Fsp3) is 0.500. The summed E-state index contributed by atoms with van der Waals surface area (Å²) in [6.07, 6.45) is 4.19. The molecule has 0 radical (unpaired) electrons. The van der Waals surface area contributed by atoms with Crippen molar-refractivity contribution in [3.8, 4) is 11.5 Å². The van der Waals surface area contributed by atoms with Gasteiger partial charge in [0, 0.05) is 6.04 Å². The van der Waals surface area contributed by atoms with E-state index >= 15 is 0 Å². The molecule has 0 amide bonds. The Kier molecular flexibility index (Phi) is 3.11. The number of aromatic hydroxyl groups is 1. The van der Waals surface area contributed by atoms with Gasteiger partial charge in [0.2, 0.25) is 0 Å². The minimum atomic E-state index is 0.207. The molecule has 0 bridgehead atoms. The van der Waals surface area contributed by atoms with E-state index in [-0.39, 0.29) is 11.9 Å². The molecule has 3 nitrogen and oxygen atoms in total. The molecule has 0 atom stereocenters. The Morgan fingerprint density at radius 3 is 2.47 bits per heavy atom. The Morgan fingerprint density at radius 1 is 1.13 bits per heavy atom. The lowest BCUT2D eigenvalue weighted by molar-refractivity contribution is 0.142. The van der Waals surface area contributed by atoms with E-state index in [9.17, 15) is 5.11 Å². The molecule has 0 aromatic heterocycles. The molecule has 0 heterocycles. The summed E-state index contributed by atoms with van der Waals surface area (Å²) in [5.41, 5.74) is 5.82. The first kappa shape index (κ1) is 10.3. The highest BCUT2D eigenvalue weighted by atomic mass is 16.5. The van der Waals surface area contributed by atoms with Crippen molar-refractivity contribution in [2.24, 2.45) is 5.73 Å². The smallest absolute Gasteiger partial charge is 0.161 e. The lowest BCUT2D eigenvalue weighted by atomic mass is 9.94. The van der Waals surface area contributed by atoms with Gasteiger partial charge in [-0.1, -0.05) is 12.1 Å². The molecule has 0 spiro atoms. The third-order valence-electron chi connectivity index (χ3n) is 2.88. The second-order valence-electron chi connectivity index (χ2n) is 4.12. The van der Waals surface area contributed by atoms with Crippen LogP contribution in [0.3, 0.4) is 0 Å². The van der Waals surface area contributed by atoms with Crippen LogP contribution in [0, 0.1) is 0 Å². The highest BCUT2D eigenvalue weighted by Crippen LogP contribution is 2.29. The van der Waals surface area contributed by atoms with Crippen molar-refractivity contribution < 1.29 is 9.84 Å². The van der Waals surface area contributed by atoms with E-state index in [0.29, 0.717) is 11.8 Å². The predicted octanol–water partition coefficient (Wildman–Crippen LogP) is 2.04. The first-order chi connectivity index (χ1) is 7.25. The van der Waals surface area contributed by atoms with Gasteiger partial charge in [0.05, 0.1) is 6.10 Å². The van der Waals surface area contributed by atoms with Crippen LogP contribution >= 0.6 is 0 Å². The van der Waals surface area contributed by atoms with Gasteiger partial charge in [-0.05, 0) is 37.8 Å². The molecule has 3 N–H and O–H groups in total. The average molecular weight is 207 g/mol. The van der Waals surface area contributed by atoms with E-state index < -0.39 is 0 Å². The van der Waals surface area contributed by atoms with Gasteiger partial charge in [0.1, 0.15) is 0 Å². The SMILES string of the molecule is NC1CCC(Oc2ccccc2O)CC1. The van der Waals surface area contributed by atoms with Crippen LogP contribution in [0.4, 0.5) is 0 Å². The standard InChI is InChI=1S/C12H17NO2/c13-9-5-7-10(8-6-9)15-12-4-2-1-3-11(12)14/h1-4,9-10,14H,5-8,13H2. The van der Waals surface area contributed by atoms with Crippen molar-refractivity contribution >= 4 is 0 Å². The zero-order chi connectivity index (χ0) is 10.7. The van der Waals surface area contributed by atoms with Crippen LogP contribution in [0.2, 0.25) is 0 Å². The molecule has 82 valence electrons. The Hall–Kier alpha value is -1.22. The molecule has 0 aliphatic heterocycles. The van der Waals surface area contributed by atoms with Crippen LogP contribution in [-0.2, 0) is 0 Å². The largest absolute Gasteiger partial charge is 0.504 e. The van der Waals surface area contributed by atoms with E-state index in [0.717, 1.165) is 25.7 Å². The third-order valence-corrected chi connectivity index (χ3v) is 2.88. The molecule has 2 rings (SSSR count). The summed E-state index contributed by atoms with van der Waals surface area (Å²) in [7, 11) is 0. The molecule has 1 aliphatic carbocycles. The minimum Gasteiger partial charge on any atom is -0.504 e. The monoisotopic (exact) mass is 207 g/mol.